The van der Waals surface area contributed by atoms with Crippen LogP contribution in [0.4, 0.5) is 13.2 Å². The van der Waals surface area contributed by atoms with Crippen LogP contribution in [0, 0.1) is 0 Å². The van der Waals surface area contributed by atoms with E-state index in [2.05, 4.69) is 15.0 Å². The number of carbonyl (C=O) groups is 2. The van der Waals surface area contributed by atoms with E-state index in [1.165, 1.54) is 29.2 Å². The Labute approximate surface area is 157 Å². The van der Waals surface area contributed by atoms with Crippen LogP contribution in [0.1, 0.15) is 17.3 Å². The summed E-state index contributed by atoms with van der Waals surface area (Å²) in [5.41, 5.74) is -1.16. The predicted octanol–water partition coefficient (Wildman–Crippen LogP) is 3.05. The lowest BCUT2D eigenvalue weighted by Crippen LogP contribution is -2.35. The highest BCUT2D eigenvalue weighted by atomic mass is 35.5. The summed E-state index contributed by atoms with van der Waals surface area (Å²) < 4.78 is 46.2. The molecule has 1 heterocycles. The Morgan fingerprint density at radius 1 is 1.30 bits per heavy atom. The van der Waals surface area contributed by atoms with Crippen LogP contribution in [0.25, 0.3) is 5.57 Å². The summed E-state index contributed by atoms with van der Waals surface area (Å²) in [5, 5.41) is 2.47. The van der Waals surface area contributed by atoms with Crippen molar-refractivity contribution in [2.45, 2.75) is 12.2 Å². The summed E-state index contributed by atoms with van der Waals surface area (Å²) in [7, 11) is 2.66. The molecule has 0 radical (unpaired) electrons. The lowest BCUT2D eigenvalue weighted by atomic mass is 10.0. The molecular formula is C17H15ClF3N3O3. The zero-order chi connectivity index (χ0) is 20.2. The van der Waals surface area contributed by atoms with Gasteiger partial charge in [-0.05, 0) is 17.7 Å². The third-order valence-corrected chi connectivity index (χ3v) is 3.86. The molecule has 0 aliphatic heterocycles. The van der Waals surface area contributed by atoms with Gasteiger partial charge in [-0.2, -0.15) is 13.2 Å². The van der Waals surface area contributed by atoms with Gasteiger partial charge in [0.25, 0.3) is 0 Å². The zero-order valence-corrected chi connectivity index (χ0v) is 15.0. The fourth-order valence-corrected chi connectivity index (χ4v) is 2.42. The van der Waals surface area contributed by atoms with Gasteiger partial charge in [-0.25, -0.2) is 9.78 Å². The Morgan fingerprint density at radius 3 is 2.41 bits per heavy atom. The van der Waals surface area contributed by atoms with Gasteiger partial charge in [0.05, 0.1) is 30.9 Å². The topological polar surface area (TPSA) is 73.2 Å². The number of hydrogen-bond donors (Lipinski definition) is 1. The number of hydrogen-bond acceptors (Lipinski definition) is 4. The molecule has 0 bridgehead atoms. The lowest BCUT2D eigenvalue weighted by molar-refractivity contribution is -0.145. The second-order valence-electron chi connectivity index (χ2n) is 5.46. The molecule has 6 nitrogen and oxygen atoms in total. The van der Waals surface area contributed by atoms with Gasteiger partial charge in [-0.1, -0.05) is 23.7 Å². The maximum atomic E-state index is 13.4. The molecule has 1 N–H and O–H groups in total. The summed E-state index contributed by atoms with van der Waals surface area (Å²) in [6.07, 6.45) is -1.73. The number of esters is 1. The highest BCUT2D eigenvalue weighted by Crippen LogP contribution is 2.34. The zero-order valence-electron chi connectivity index (χ0n) is 14.2. The monoisotopic (exact) mass is 401 g/mol. The van der Waals surface area contributed by atoms with Crippen LogP contribution in [-0.2, 0) is 21.4 Å². The first-order valence-electron chi connectivity index (χ1n) is 7.53. The first-order chi connectivity index (χ1) is 12.6. The van der Waals surface area contributed by atoms with Crippen LogP contribution in [0.2, 0.25) is 5.02 Å². The van der Waals surface area contributed by atoms with Crippen molar-refractivity contribution < 1.29 is 27.5 Å². The molecular weight excluding hydrogens is 387 g/mol. The fourth-order valence-electron chi connectivity index (χ4n) is 2.29. The Balaban J connectivity index is 2.35. The van der Waals surface area contributed by atoms with Crippen molar-refractivity contribution in [2.24, 2.45) is 7.05 Å². The van der Waals surface area contributed by atoms with Crippen LogP contribution in [0.15, 0.2) is 42.9 Å². The minimum absolute atomic E-state index is 0.239. The maximum absolute atomic E-state index is 13.4. The van der Waals surface area contributed by atoms with Crippen molar-refractivity contribution in [1.29, 1.82) is 0 Å². The summed E-state index contributed by atoms with van der Waals surface area (Å²) in [5.74, 6) is -1.96. The SMILES string of the molecule is COC(=O)C(NC(=O)C=C(c1ccc(Cl)cc1)C(F)(F)F)c1cncn1C. The first-order valence-corrected chi connectivity index (χ1v) is 7.90. The van der Waals surface area contributed by atoms with Crippen LogP contribution in [0.5, 0.6) is 0 Å². The van der Waals surface area contributed by atoms with Crippen molar-refractivity contribution in [3.8, 4) is 0 Å². The highest BCUT2D eigenvalue weighted by Gasteiger charge is 2.36. The van der Waals surface area contributed by atoms with Crippen molar-refractivity contribution in [1.82, 2.24) is 14.9 Å². The van der Waals surface area contributed by atoms with Gasteiger partial charge in [-0.3, -0.25) is 4.79 Å². The number of ether oxygens (including phenoxy) is 1. The number of imidazole rings is 1. The summed E-state index contributed by atoms with van der Waals surface area (Å²) in [6.45, 7) is 0. The molecule has 0 aliphatic carbocycles. The molecule has 1 aromatic carbocycles. The number of nitrogens with zero attached hydrogens (tertiary/aromatic N) is 2. The van der Waals surface area contributed by atoms with Gasteiger partial charge in [0.2, 0.25) is 5.91 Å². The average Bonchev–Trinajstić information content (AvgIpc) is 3.02. The highest BCUT2D eigenvalue weighted by molar-refractivity contribution is 6.30. The number of alkyl halides is 3. The molecule has 0 spiro atoms. The molecule has 1 aromatic heterocycles. The number of halogens is 4. The molecule has 0 aliphatic rings. The van der Waals surface area contributed by atoms with Gasteiger partial charge in [-0.15, -0.1) is 0 Å². The molecule has 1 amide bonds. The molecule has 10 heteroatoms. The summed E-state index contributed by atoms with van der Waals surface area (Å²) in [6, 6.07) is 3.54. The number of allylic oxidation sites excluding steroid dienone is 1. The number of aryl methyl sites for hydroxylation is 1. The van der Waals surface area contributed by atoms with E-state index in [1.54, 1.807) is 7.05 Å². The summed E-state index contributed by atoms with van der Waals surface area (Å²) >= 11 is 5.69. The molecule has 2 rings (SSSR count). The normalized spacial score (nSPS) is 13.2. The second-order valence-corrected chi connectivity index (χ2v) is 5.89. The number of aromatic nitrogens is 2. The number of methoxy groups -OCH3 is 1. The third-order valence-electron chi connectivity index (χ3n) is 3.61. The lowest BCUT2D eigenvalue weighted by Gasteiger charge is -2.17. The summed E-state index contributed by atoms with van der Waals surface area (Å²) in [4.78, 5) is 28.0. The molecule has 0 saturated heterocycles. The number of carbonyl (C=O) groups excluding carboxylic acids is 2. The van der Waals surface area contributed by atoms with E-state index in [4.69, 9.17) is 11.6 Å². The number of amides is 1. The smallest absolute Gasteiger partial charge is 0.417 e. The Bertz CT molecular complexity index is 860. The average molecular weight is 402 g/mol. The fraction of sp³-hybridized carbons (Fsp3) is 0.235. The molecule has 1 atom stereocenters. The van der Waals surface area contributed by atoms with Crippen molar-refractivity contribution in [2.75, 3.05) is 7.11 Å². The van der Waals surface area contributed by atoms with Gasteiger partial charge in [0, 0.05) is 18.1 Å². The molecule has 2 aromatic rings. The van der Waals surface area contributed by atoms with E-state index >= 15 is 0 Å². The van der Waals surface area contributed by atoms with Crippen LogP contribution in [-0.4, -0.2) is 34.7 Å². The van der Waals surface area contributed by atoms with Crippen LogP contribution >= 0.6 is 11.6 Å². The number of benzene rings is 1. The van der Waals surface area contributed by atoms with Crippen molar-refractivity contribution in [3.05, 3.63) is 59.1 Å². The van der Waals surface area contributed by atoms with Crippen molar-refractivity contribution in [3.63, 3.8) is 0 Å². The number of nitrogens with one attached hydrogen (secondary N) is 1. The van der Waals surface area contributed by atoms with E-state index in [0.29, 0.717) is 6.08 Å². The second kappa shape index (κ2) is 8.26. The van der Waals surface area contributed by atoms with E-state index < -0.39 is 29.7 Å². The largest absolute Gasteiger partial charge is 0.467 e. The van der Waals surface area contributed by atoms with Crippen LogP contribution < -0.4 is 5.32 Å². The standard InChI is InChI=1S/C17H15ClF3N3O3/c1-24-9-22-8-13(24)15(16(26)27-2)23-14(25)7-12(17(19,20)21)10-3-5-11(18)6-4-10/h3-9,15H,1-2H3,(H,23,25). The van der Waals surface area contributed by atoms with Crippen LogP contribution in [0.3, 0.4) is 0 Å². The molecule has 0 saturated carbocycles. The Kier molecular flexibility index (Phi) is 6.27. The van der Waals surface area contributed by atoms with Gasteiger partial charge >= 0.3 is 12.1 Å². The maximum Gasteiger partial charge on any atom is 0.417 e. The van der Waals surface area contributed by atoms with Gasteiger partial charge in [0.1, 0.15) is 0 Å². The minimum atomic E-state index is -4.79. The van der Waals surface area contributed by atoms with Gasteiger partial charge in [0.15, 0.2) is 6.04 Å². The molecule has 27 heavy (non-hydrogen) atoms. The van der Waals surface area contributed by atoms with Gasteiger partial charge < -0.3 is 14.6 Å². The predicted molar refractivity (Wildman–Crippen MR) is 91.6 cm³/mol. The van der Waals surface area contributed by atoms with E-state index in [9.17, 15) is 22.8 Å². The van der Waals surface area contributed by atoms with Crippen molar-refractivity contribution >= 4 is 29.1 Å². The van der Waals surface area contributed by atoms with E-state index in [1.807, 2.05) is 0 Å². The molecule has 0 fully saturated rings. The Hall–Kier alpha value is -2.81. The quantitative estimate of drug-likeness (QED) is 0.617. The molecule has 144 valence electrons. The number of rotatable bonds is 5. The van der Waals surface area contributed by atoms with E-state index in [0.717, 1.165) is 19.2 Å². The molecule has 1 unspecified atom stereocenters. The van der Waals surface area contributed by atoms with E-state index in [-0.39, 0.29) is 16.3 Å². The third kappa shape index (κ3) is 5.10. The first kappa shape index (κ1) is 20.5. The minimum Gasteiger partial charge on any atom is -0.467 e. The Morgan fingerprint density at radius 2 is 1.93 bits per heavy atom.